The highest BCUT2D eigenvalue weighted by atomic mass is 32.2. The summed E-state index contributed by atoms with van der Waals surface area (Å²) in [5, 5.41) is 3.02. The summed E-state index contributed by atoms with van der Waals surface area (Å²) in [6, 6.07) is 19.0. The van der Waals surface area contributed by atoms with Crippen LogP contribution in [0.3, 0.4) is 0 Å². The first kappa shape index (κ1) is 29.1. The minimum absolute atomic E-state index is 0.000202. The van der Waals surface area contributed by atoms with Gasteiger partial charge in [-0.3, -0.25) is 13.9 Å². The Kier molecular flexibility index (Phi) is 9.42. The Morgan fingerprint density at radius 1 is 0.975 bits per heavy atom. The molecule has 8 nitrogen and oxygen atoms in total. The molecule has 1 unspecified atom stereocenters. The molecular weight excluding hydrogens is 533 g/mol. The molecule has 2 amide bonds. The van der Waals surface area contributed by atoms with Gasteiger partial charge in [-0.15, -0.1) is 0 Å². The number of carbonyl (C=O) groups excluding carboxylic acids is 2. The number of benzene rings is 3. The van der Waals surface area contributed by atoms with Crippen LogP contribution in [0, 0.1) is 5.82 Å². The van der Waals surface area contributed by atoms with Crippen molar-refractivity contribution in [3.63, 3.8) is 0 Å². The lowest BCUT2D eigenvalue weighted by Gasteiger charge is -2.32. The van der Waals surface area contributed by atoms with Crippen LogP contribution in [0.15, 0.2) is 83.8 Å². The topological polar surface area (TPSA) is 96.0 Å². The van der Waals surface area contributed by atoms with E-state index in [1.54, 1.807) is 61.5 Å². The first-order valence-electron chi connectivity index (χ1n) is 13.2. The van der Waals surface area contributed by atoms with E-state index in [1.807, 2.05) is 0 Å². The summed E-state index contributed by atoms with van der Waals surface area (Å²) in [5.74, 6) is -0.784. The van der Waals surface area contributed by atoms with Crippen LogP contribution >= 0.6 is 0 Å². The van der Waals surface area contributed by atoms with Gasteiger partial charge in [0.2, 0.25) is 11.8 Å². The summed E-state index contributed by atoms with van der Waals surface area (Å²) < 4.78 is 47.4. The molecule has 0 aliphatic heterocycles. The zero-order valence-electron chi connectivity index (χ0n) is 22.6. The van der Waals surface area contributed by atoms with Crippen molar-refractivity contribution in [2.75, 3.05) is 18.0 Å². The molecule has 0 saturated heterocycles. The molecule has 0 radical (unpaired) electrons. The SMILES string of the molecule is COc1ccc(N(CC(=O)N(Cc2ccc(F)cc2)C(C)C(=O)NC2CCCC2)S(=O)(=O)c2ccccc2)cc1. The van der Waals surface area contributed by atoms with Crippen molar-refractivity contribution in [3.8, 4) is 5.75 Å². The van der Waals surface area contributed by atoms with Crippen molar-refractivity contribution in [2.45, 2.75) is 56.1 Å². The molecule has 4 rings (SSSR count). The Morgan fingerprint density at radius 2 is 1.60 bits per heavy atom. The average molecular weight is 568 g/mol. The van der Waals surface area contributed by atoms with Gasteiger partial charge < -0.3 is 15.0 Å². The van der Waals surface area contributed by atoms with Gasteiger partial charge in [-0.1, -0.05) is 43.2 Å². The summed E-state index contributed by atoms with van der Waals surface area (Å²) in [7, 11) is -2.65. The molecule has 3 aromatic carbocycles. The molecule has 0 heterocycles. The molecule has 1 fully saturated rings. The van der Waals surface area contributed by atoms with E-state index in [1.165, 1.54) is 36.3 Å². The minimum atomic E-state index is -4.15. The van der Waals surface area contributed by atoms with Crippen molar-refractivity contribution < 1.29 is 27.1 Å². The van der Waals surface area contributed by atoms with Gasteiger partial charge in [-0.05, 0) is 73.9 Å². The number of anilines is 1. The number of methoxy groups -OCH3 is 1. The minimum Gasteiger partial charge on any atom is -0.497 e. The van der Waals surface area contributed by atoms with Gasteiger partial charge in [-0.2, -0.15) is 0 Å². The zero-order chi connectivity index (χ0) is 28.7. The van der Waals surface area contributed by atoms with Crippen LogP contribution in [0.2, 0.25) is 0 Å². The third-order valence-corrected chi connectivity index (χ3v) is 8.89. The van der Waals surface area contributed by atoms with Gasteiger partial charge in [0.1, 0.15) is 24.2 Å². The lowest BCUT2D eigenvalue weighted by atomic mass is 10.1. The highest BCUT2D eigenvalue weighted by molar-refractivity contribution is 7.92. The second-order valence-electron chi connectivity index (χ2n) is 9.84. The van der Waals surface area contributed by atoms with E-state index < -0.39 is 34.3 Å². The molecule has 1 aliphatic rings. The Labute approximate surface area is 234 Å². The predicted molar refractivity (Wildman–Crippen MR) is 151 cm³/mol. The number of nitrogens with zero attached hydrogens (tertiary/aromatic N) is 2. The van der Waals surface area contributed by atoms with Gasteiger partial charge in [0, 0.05) is 12.6 Å². The van der Waals surface area contributed by atoms with Gasteiger partial charge in [-0.25, -0.2) is 12.8 Å². The number of halogens is 1. The molecule has 10 heteroatoms. The molecule has 0 aromatic heterocycles. The lowest BCUT2D eigenvalue weighted by molar-refractivity contribution is -0.139. The van der Waals surface area contributed by atoms with Gasteiger partial charge in [0.15, 0.2) is 0 Å². The molecule has 1 atom stereocenters. The number of ether oxygens (including phenoxy) is 1. The third-order valence-electron chi connectivity index (χ3n) is 7.11. The maximum atomic E-state index is 13.9. The number of amides is 2. The zero-order valence-corrected chi connectivity index (χ0v) is 23.4. The van der Waals surface area contributed by atoms with Crippen LogP contribution in [0.25, 0.3) is 0 Å². The molecule has 40 heavy (non-hydrogen) atoms. The lowest BCUT2D eigenvalue weighted by Crippen LogP contribution is -2.52. The fraction of sp³-hybridized carbons (Fsp3) is 0.333. The Morgan fingerprint density at radius 3 is 2.20 bits per heavy atom. The normalized spacial score (nSPS) is 14.4. The fourth-order valence-corrected chi connectivity index (χ4v) is 6.19. The quantitative estimate of drug-likeness (QED) is 0.368. The smallest absolute Gasteiger partial charge is 0.264 e. The Bertz CT molecular complexity index is 1390. The molecule has 1 N–H and O–H groups in total. The van der Waals surface area contributed by atoms with Crippen LogP contribution in [0.4, 0.5) is 10.1 Å². The van der Waals surface area contributed by atoms with E-state index in [9.17, 15) is 22.4 Å². The molecule has 0 spiro atoms. The van der Waals surface area contributed by atoms with Crippen molar-refractivity contribution in [1.29, 1.82) is 0 Å². The van der Waals surface area contributed by atoms with E-state index in [0.29, 0.717) is 11.3 Å². The van der Waals surface area contributed by atoms with Crippen LogP contribution in [-0.4, -0.2) is 50.9 Å². The standard InChI is InChI=1S/C30H34FN3O5S/c1-22(30(36)32-25-8-6-7-9-25)33(20-23-12-14-24(31)15-13-23)29(35)21-34(26-16-18-27(39-2)19-17-26)40(37,38)28-10-4-3-5-11-28/h3-5,10-19,22,25H,6-9,20-21H2,1-2H3,(H,32,36). The molecule has 1 saturated carbocycles. The van der Waals surface area contributed by atoms with Crippen molar-refractivity contribution in [1.82, 2.24) is 10.2 Å². The van der Waals surface area contributed by atoms with Crippen LogP contribution in [-0.2, 0) is 26.2 Å². The second kappa shape index (κ2) is 13.0. The maximum absolute atomic E-state index is 13.9. The predicted octanol–water partition coefficient (Wildman–Crippen LogP) is 4.51. The van der Waals surface area contributed by atoms with E-state index >= 15 is 0 Å². The number of nitrogens with one attached hydrogen (secondary N) is 1. The summed E-state index contributed by atoms with van der Waals surface area (Å²) >= 11 is 0. The molecule has 212 valence electrons. The van der Waals surface area contributed by atoms with E-state index in [2.05, 4.69) is 5.32 Å². The first-order valence-corrected chi connectivity index (χ1v) is 14.7. The molecule has 0 bridgehead atoms. The van der Waals surface area contributed by atoms with Gasteiger partial charge >= 0.3 is 0 Å². The molecule has 3 aromatic rings. The maximum Gasteiger partial charge on any atom is 0.264 e. The number of hydrogen-bond acceptors (Lipinski definition) is 5. The van der Waals surface area contributed by atoms with Crippen molar-refractivity contribution >= 4 is 27.5 Å². The number of sulfonamides is 1. The number of hydrogen-bond donors (Lipinski definition) is 1. The molecule has 1 aliphatic carbocycles. The molecular formula is C30H34FN3O5S. The van der Waals surface area contributed by atoms with E-state index in [0.717, 1.165) is 30.0 Å². The highest BCUT2D eigenvalue weighted by Gasteiger charge is 2.33. The summed E-state index contributed by atoms with van der Waals surface area (Å²) in [6.07, 6.45) is 3.83. The summed E-state index contributed by atoms with van der Waals surface area (Å²) in [5.41, 5.74) is 0.875. The van der Waals surface area contributed by atoms with E-state index in [-0.39, 0.29) is 29.1 Å². The van der Waals surface area contributed by atoms with Crippen LogP contribution in [0.5, 0.6) is 5.75 Å². The first-order chi connectivity index (χ1) is 19.2. The monoisotopic (exact) mass is 567 g/mol. The van der Waals surface area contributed by atoms with Crippen molar-refractivity contribution in [3.05, 3.63) is 90.2 Å². The fourth-order valence-electron chi connectivity index (χ4n) is 4.76. The van der Waals surface area contributed by atoms with Gasteiger partial charge in [0.05, 0.1) is 17.7 Å². The largest absolute Gasteiger partial charge is 0.497 e. The second-order valence-corrected chi connectivity index (χ2v) is 11.7. The van der Waals surface area contributed by atoms with Crippen LogP contribution < -0.4 is 14.4 Å². The van der Waals surface area contributed by atoms with E-state index in [4.69, 9.17) is 4.74 Å². The Balaban J connectivity index is 1.67. The number of rotatable bonds is 11. The summed E-state index contributed by atoms with van der Waals surface area (Å²) in [4.78, 5) is 28.5. The summed E-state index contributed by atoms with van der Waals surface area (Å²) in [6.45, 7) is 1.07. The average Bonchev–Trinajstić information content (AvgIpc) is 3.48. The number of carbonyl (C=O) groups is 2. The Hall–Kier alpha value is -3.92. The van der Waals surface area contributed by atoms with Crippen LogP contribution in [0.1, 0.15) is 38.2 Å². The van der Waals surface area contributed by atoms with Gasteiger partial charge in [0.25, 0.3) is 10.0 Å². The third kappa shape index (κ3) is 6.98. The van der Waals surface area contributed by atoms with Crippen molar-refractivity contribution in [2.24, 2.45) is 0 Å². The highest BCUT2D eigenvalue weighted by Crippen LogP contribution is 2.26.